The Balaban J connectivity index is 1.51. The quantitative estimate of drug-likeness (QED) is 0.866. The van der Waals surface area contributed by atoms with E-state index >= 15 is 0 Å². The highest BCUT2D eigenvalue weighted by molar-refractivity contribution is 6.30. The van der Waals surface area contributed by atoms with Gasteiger partial charge in [-0.05, 0) is 42.9 Å². The first-order valence-corrected chi connectivity index (χ1v) is 9.79. The highest BCUT2D eigenvalue weighted by Gasteiger charge is 2.31. The Morgan fingerprint density at radius 2 is 2.00 bits per heavy atom. The van der Waals surface area contributed by atoms with Crippen molar-refractivity contribution < 1.29 is 9.59 Å². The number of hydrogen-bond acceptors (Lipinski definition) is 2. The second kappa shape index (κ2) is 8.70. The molecule has 1 aromatic rings. The molecule has 4 nitrogen and oxygen atoms in total. The van der Waals surface area contributed by atoms with Crippen molar-refractivity contribution in [1.29, 1.82) is 0 Å². The number of carbonyl (C=O) groups excluding carboxylic acids is 2. The smallest absolute Gasteiger partial charge is 0.225 e. The van der Waals surface area contributed by atoms with Crippen LogP contribution in [0.25, 0.3) is 0 Å². The number of benzene rings is 1. The fourth-order valence-corrected chi connectivity index (χ4v) is 4.18. The predicted molar refractivity (Wildman–Crippen MR) is 99.2 cm³/mol. The monoisotopic (exact) mass is 362 g/mol. The molecule has 0 aromatic heterocycles. The molecular formula is C20H27ClN2O2. The Morgan fingerprint density at radius 1 is 1.20 bits per heavy atom. The van der Waals surface area contributed by atoms with Crippen molar-refractivity contribution in [2.24, 2.45) is 11.8 Å². The number of rotatable bonds is 5. The number of likely N-dealkylation sites (tertiary alicyclic amines) is 1. The molecule has 5 heteroatoms. The molecule has 0 bridgehead atoms. The number of piperidine rings is 1. The van der Waals surface area contributed by atoms with Crippen LogP contribution < -0.4 is 5.32 Å². The Labute approximate surface area is 154 Å². The van der Waals surface area contributed by atoms with Crippen molar-refractivity contribution in [3.05, 3.63) is 34.9 Å². The van der Waals surface area contributed by atoms with Crippen LogP contribution in [0.15, 0.2) is 24.3 Å². The Morgan fingerprint density at radius 3 is 2.76 bits per heavy atom. The van der Waals surface area contributed by atoms with E-state index < -0.39 is 0 Å². The largest absolute Gasteiger partial charge is 0.352 e. The summed E-state index contributed by atoms with van der Waals surface area (Å²) >= 11 is 5.98. The summed E-state index contributed by atoms with van der Waals surface area (Å²) in [7, 11) is 0. The van der Waals surface area contributed by atoms with Crippen LogP contribution in [-0.2, 0) is 16.1 Å². The van der Waals surface area contributed by atoms with E-state index in [1.807, 2.05) is 29.2 Å². The number of halogens is 1. The normalized spacial score (nSPS) is 22.0. The van der Waals surface area contributed by atoms with Crippen molar-refractivity contribution in [1.82, 2.24) is 10.2 Å². The second-order valence-electron chi connectivity index (χ2n) is 7.39. The maximum atomic E-state index is 12.5. The van der Waals surface area contributed by atoms with Gasteiger partial charge in [0.1, 0.15) is 0 Å². The fraction of sp³-hybridized carbons (Fsp3) is 0.600. The lowest BCUT2D eigenvalue weighted by Gasteiger charge is -2.35. The van der Waals surface area contributed by atoms with Crippen molar-refractivity contribution >= 4 is 23.4 Å². The Hall–Kier alpha value is -1.55. The number of hydrogen-bond donors (Lipinski definition) is 1. The van der Waals surface area contributed by atoms with Gasteiger partial charge in [0, 0.05) is 31.1 Å². The lowest BCUT2D eigenvalue weighted by molar-refractivity contribution is -0.139. The molecule has 136 valence electrons. The van der Waals surface area contributed by atoms with Crippen LogP contribution in [-0.4, -0.2) is 29.8 Å². The summed E-state index contributed by atoms with van der Waals surface area (Å²) in [6.45, 7) is 1.88. The molecule has 1 N–H and O–H groups in total. The first-order chi connectivity index (χ1) is 12.1. The summed E-state index contributed by atoms with van der Waals surface area (Å²) in [4.78, 5) is 26.7. The fourth-order valence-electron chi connectivity index (χ4n) is 3.97. The van der Waals surface area contributed by atoms with Crippen molar-refractivity contribution in [2.75, 3.05) is 13.1 Å². The van der Waals surface area contributed by atoms with Crippen molar-refractivity contribution in [3.63, 3.8) is 0 Å². The van der Waals surface area contributed by atoms with E-state index in [0.29, 0.717) is 36.9 Å². The number of nitrogens with zero attached hydrogens (tertiary/aromatic N) is 1. The number of amides is 2. The molecule has 1 atom stereocenters. The van der Waals surface area contributed by atoms with Gasteiger partial charge in [-0.3, -0.25) is 9.59 Å². The highest BCUT2D eigenvalue weighted by atomic mass is 35.5. The summed E-state index contributed by atoms with van der Waals surface area (Å²) in [5.41, 5.74) is 0.992. The number of nitrogens with one attached hydrogen (secondary N) is 1. The molecule has 2 amide bonds. The van der Waals surface area contributed by atoms with Gasteiger partial charge in [-0.15, -0.1) is 0 Å². The highest BCUT2D eigenvalue weighted by Crippen LogP contribution is 2.27. The van der Waals surface area contributed by atoms with Crippen LogP contribution in [0.5, 0.6) is 0 Å². The SMILES string of the molecule is O=C(NCc1cccc(Cl)c1)[C@@H]1CCC(=O)N(CC2CCCCC2)C1. The van der Waals surface area contributed by atoms with Gasteiger partial charge in [0.2, 0.25) is 11.8 Å². The summed E-state index contributed by atoms with van der Waals surface area (Å²) < 4.78 is 0. The van der Waals surface area contributed by atoms with Gasteiger partial charge in [0.15, 0.2) is 0 Å². The lowest BCUT2D eigenvalue weighted by Crippen LogP contribution is -2.47. The predicted octanol–water partition coefficient (Wildman–Crippen LogP) is 3.78. The molecule has 25 heavy (non-hydrogen) atoms. The second-order valence-corrected chi connectivity index (χ2v) is 7.82. The summed E-state index contributed by atoms with van der Waals surface area (Å²) in [6, 6.07) is 7.52. The zero-order valence-electron chi connectivity index (χ0n) is 14.7. The third kappa shape index (κ3) is 5.21. The third-order valence-corrected chi connectivity index (χ3v) is 5.67. The van der Waals surface area contributed by atoms with Crippen LogP contribution in [0.2, 0.25) is 5.02 Å². The summed E-state index contributed by atoms with van der Waals surface area (Å²) in [5.74, 6) is 0.775. The van der Waals surface area contributed by atoms with E-state index in [2.05, 4.69) is 5.32 Å². The molecule has 2 fully saturated rings. The van der Waals surface area contributed by atoms with E-state index in [-0.39, 0.29) is 17.7 Å². The maximum absolute atomic E-state index is 12.5. The van der Waals surface area contributed by atoms with E-state index in [1.165, 1.54) is 32.1 Å². The molecule has 1 heterocycles. The molecule has 1 aromatic carbocycles. The minimum Gasteiger partial charge on any atom is -0.352 e. The molecular weight excluding hydrogens is 336 g/mol. The average molecular weight is 363 g/mol. The van der Waals surface area contributed by atoms with Crippen molar-refractivity contribution in [2.45, 2.75) is 51.5 Å². The van der Waals surface area contributed by atoms with Crippen LogP contribution in [0, 0.1) is 11.8 Å². The zero-order chi connectivity index (χ0) is 17.6. The van der Waals surface area contributed by atoms with Gasteiger partial charge >= 0.3 is 0 Å². The molecule has 1 aliphatic heterocycles. The first-order valence-electron chi connectivity index (χ1n) is 9.42. The van der Waals surface area contributed by atoms with Gasteiger partial charge in [0.25, 0.3) is 0 Å². The minimum absolute atomic E-state index is 0.0427. The first kappa shape index (κ1) is 18.2. The van der Waals surface area contributed by atoms with Crippen LogP contribution in [0.1, 0.15) is 50.5 Å². The molecule has 2 aliphatic rings. The van der Waals surface area contributed by atoms with Gasteiger partial charge in [-0.2, -0.15) is 0 Å². The van der Waals surface area contributed by atoms with Crippen molar-refractivity contribution in [3.8, 4) is 0 Å². The van der Waals surface area contributed by atoms with E-state index in [1.54, 1.807) is 0 Å². The third-order valence-electron chi connectivity index (χ3n) is 5.43. The molecule has 0 radical (unpaired) electrons. The average Bonchev–Trinajstić information content (AvgIpc) is 2.62. The number of carbonyl (C=O) groups is 2. The minimum atomic E-state index is -0.0968. The topological polar surface area (TPSA) is 49.4 Å². The van der Waals surface area contributed by atoms with Gasteiger partial charge in [0.05, 0.1) is 5.92 Å². The Kier molecular flexibility index (Phi) is 6.35. The Bertz CT molecular complexity index is 613. The molecule has 3 rings (SSSR count). The van der Waals surface area contributed by atoms with Crippen LogP contribution in [0.3, 0.4) is 0 Å². The van der Waals surface area contributed by atoms with Crippen LogP contribution in [0.4, 0.5) is 0 Å². The summed E-state index contributed by atoms with van der Waals surface area (Å²) in [6.07, 6.45) is 7.44. The molecule has 0 unspecified atom stereocenters. The standard InChI is InChI=1S/C20H27ClN2O2/c21-18-8-4-7-16(11-18)12-22-20(25)17-9-10-19(24)23(14-17)13-15-5-2-1-3-6-15/h4,7-8,11,15,17H,1-3,5-6,9-10,12-14H2,(H,22,25)/t17-/m1/s1. The molecule has 1 aliphatic carbocycles. The summed E-state index contributed by atoms with van der Waals surface area (Å²) in [5, 5.41) is 3.67. The van der Waals surface area contributed by atoms with E-state index in [4.69, 9.17) is 11.6 Å². The van der Waals surface area contributed by atoms with Crippen LogP contribution >= 0.6 is 11.6 Å². The van der Waals surface area contributed by atoms with Gasteiger partial charge in [-0.1, -0.05) is 43.0 Å². The molecule has 1 saturated heterocycles. The van der Waals surface area contributed by atoms with E-state index in [0.717, 1.165) is 12.1 Å². The molecule has 1 saturated carbocycles. The van der Waals surface area contributed by atoms with Gasteiger partial charge in [-0.25, -0.2) is 0 Å². The lowest BCUT2D eigenvalue weighted by atomic mass is 9.87. The molecule has 0 spiro atoms. The van der Waals surface area contributed by atoms with E-state index in [9.17, 15) is 9.59 Å². The van der Waals surface area contributed by atoms with Gasteiger partial charge < -0.3 is 10.2 Å². The zero-order valence-corrected chi connectivity index (χ0v) is 15.4. The maximum Gasteiger partial charge on any atom is 0.225 e.